The molecule has 1 heterocycles. The van der Waals surface area contributed by atoms with Crippen molar-refractivity contribution in [1.29, 1.82) is 0 Å². The molecule has 0 aromatic heterocycles. The van der Waals surface area contributed by atoms with Crippen LogP contribution in [0.4, 0.5) is 36.8 Å². The van der Waals surface area contributed by atoms with E-state index in [2.05, 4.69) is 0 Å². The molecule has 1 aliphatic rings. The molecule has 0 atom stereocenters. The number of amides is 3. The number of benzene rings is 3. The fourth-order valence-electron chi connectivity index (χ4n) is 4.16. The van der Waals surface area contributed by atoms with Gasteiger partial charge in [-0.15, -0.1) is 0 Å². The highest BCUT2D eigenvalue weighted by molar-refractivity contribution is 5.94. The molecule has 1 aliphatic heterocycles. The molecular weight excluding hydrogens is 544 g/mol. The van der Waals surface area contributed by atoms with Crippen LogP contribution >= 0.6 is 0 Å². The average Bonchev–Trinajstić information content (AvgIpc) is 2.95. The van der Waals surface area contributed by atoms with E-state index in [1.165, 1.54) is 46.8 Å². The Bertz CT molecular complexity index is 1320. The number of carbonyl (C=O) groups excluding carboxylic acids is 2. The molecule has 1 saturated heterocycles. The van der Waals surface area contributed by atoms with Crippen LogP contribution in [0, 0.1) is 0 Å². The van der Waals surface area contributed by atoms with E-state index in [1.807, 2.05) is 0 Å². The summed E-state index contributed by atoms with van der Waals surface area (Å²) in [5.41, 5.74) is -0.367. The van der Waals surface area contributed by atoms with Gasteiger partial charge in [0.05, 0.1) is 30.9 Å². The number of morpholine rings is 1. The van der Waals surface area contributed by atoms with Crippen molar-refractivity contribution in [2.24, 2.45) is 0 Å². The molecule has 212 valence electrons. The number of hydrogen-bond donors (Lipinski definition) is 2. The predicted octanol–water partition coefficient (Wildman–Crippen LogP) is 5.97. The maximum atomic E-state index is 13.4. The first kappa shape index (κ1) is 28.9. The third kappa shape index (κ3) is 6.72. The molecule has 2 N–H and O–H groups in total. The highest BCUT2D eigenvalue weighted by Gasteiger charge is 2.37. The molecular formula is C27H23F6N3O4. The highest BCUT2D eigenvalue weighted by atomic mass is 19.4. The van der Waals surface area contributed by atoms with Gasteiger partial charge in [-0.2, -0.15) is 26.3 Å². The van der Waals surface area contributed by atoms with E-state index in [-0.39, 0.29) is 35.3 Å². The summed E-state index contributed by atoms with van der Waals surface area (Å²) in [6, 6.07) is 12.6. The summed E-state index contributed by atoms with van der Waals surface area (Å²) in [6.07, 6.45) is -9.96. The summed E-state index contributed by atoms with van der Waals surface area (Å²) >= 11 is 0. The van der Waals surface area contributed by atoms with Crippen molar-refractivity contribution in [1.82, 2.24) is 10.4 Å². The van der Waals surface area contributed by atoms with Crippen LogP contribution in [-0.2, 0) is 23.6 Å². The maximum absolute atomic E-state index is 13.4. The van der Waals surface area contributed by atoms with Gasteiger partial charge >= 0.3 is 18.4 Å². The fraction of sp³-hybridized carbons (Fsp3) is 0.259. The molecule has 7 nitrogen and oxygen atoms in total. The van der Waals surface area contributed by atoms with Crippen molar-refractivity contribution < 1.29 is 45.9 Å². The molecule has 4 rings (SSSR count). The second kappa shape index (κ2) is 11.6. The van der Waals surface area contributed by atoms with Crippen molar-refractivity contribution in [2.75, 3.05) is 31.2 Å². The number of nitrogens with one attached hydrogen (secondary N) is 1. The Balaban J connectivity index is 1.68. The molecule has 0 radical (unpaired) electrons. The number of alkyl halides is 6. The summed E-state index contributed by atoms with van der Waals surface area (Å²) < 4.78 is 85.2. The zero-order chi connectivity index (χ0) is 29.1. The molecule has 0 spiro atoms. The van der Waals surface area contributed by atoms with E-state index in [0.29, 0.717) is 49.7 Å². The first-order valence-corrected chi connectivity index (χ1v) is 11.9. The first-order valence-electron chi connectivity index (χ1n) is 11.9. The van der Waals surface area contributed by atoms with E-state index in [4.69, 9.17) is 9.94 Å². The van der Waals surface area contributed by atoms with Crippen molar-refractivity contribution in [3.05, 3.63) is 89.0 Å². The zero-order valence-corrected chi connectivity index (χ0v) is 20.7. The molecule has 3 aromatic rings. The van der Waals surface area contributed by atoms with Gasteiger partial charge in [0, 0.05) is 24.3 Å². The van der Waals surface area contributed by atoms with E-state index < -0.39 is 29.4 Å². The van der Waals surface area contributed by atoms with Crippen LogP contribution in [0.2, 0.25) is 0 Å². The Morgan fingerprint density at radius 2 is 1.38 bits per heavy atom. The number of rotatable bonds is 5. The minimum absolute atomic E-state index is 0.0400. The van der Waals surface area contributed by atoms with E-state index in [0.717, 1.165) is 0 Å². The lowest BCUT2D eigenvalue weighted by molar-refractivity contribution is -0.143. The SMILES string of the molecule is O=C(NO)c1ccc(CN(C(=O)N2CCOCC2)c2ccc(-c3cc(C(F)(F)F)cc(C(F)(F)F)c3)cc2)cc1. The highest BCUT2D eigenvalue weighted by Crippen LogP contribution is 2.39. The standard InChI is InChI=1S/C27H23F6N3O4/c28-26(29,30)21-13-20(14-22(15-21)27(31,32)33)18-5-7-23(8-6-18)36(25(38)35-9-11-40-12-10-35)16-17-1-3-19(4-2-17)24(37)34-39/h1-8,13-15,39H,9-12,16H2,(H,34,37). The van der Waals surface area contributed by atoms with Gasteiger partial charge in [-0.1, -0.05) is 24.3 Å². The molecule has 0 unspecified atom stereocenters. The normalized spacial score (nSPS) is 14.1. The van der Waals surface area contributed by atoms with Gasteiger partial charge in [0.2, 0.25) is 0 Å². The quantitative estimate of drug-likeness (QED) is 0.226. The lowest BCUT2D eigenvalue weighted by Gasteiger charge is -2.33. The van der Waals surface area contributed by atoms with E-state index >= 15 is 0 Å². The summed E-state index contributed by atoms with van der Waals surface area (Å²) in [5, 5.41) is 8.80. The minimum Gasteiger partial charge on any atom is -0.378 e. The average molecular weight is 567 g/mol. The fourth-order valence-corrected chi connectivity index (χ4v) is 4.16. The smallest absolute Gasteiger partial charge is 0.378 e. The topological polar surface area (TPSA) is 82.1 Å². The summed E-state index contributed by atoms with van der Waals surface area (Å²) in [4.78, 5) is 28.0. The Hall–Kier alpha value is -4.10. The number of hydroxylamine groups is 1. The minimum atomic E-state index is -4.98. The molecule has 3 aromatic carbocycles. The Morgan fingerprint density at radius 1 is 0.825 bits per heavy atom. The van der Waals surface area contributed by atoms with Crippen LogP contribution in [-0.4, -0.2) is 48.3 Å². The van der Waals surface area contributed by atoms with Crippen LogP contribution in [0.5, 0.6) is 0 Å². The summed E-state index contributed by atoms with van der Waals surface area (Å²) in [6.45, 7) is 1.36. The maximum Gasteiger partial charge on any atom is 0.416 e. The summed E-state index contributed by atoms with van der Waals surface area (Å²) in [7, 11) is 0. The van der Waals surface area contributed by atoms with Crippen molar-refractivity contribution in [3.63, 3.8) is 0 Å². The van der Waals surface area contributed by atoms with Crippen LogP contribution < -0.4 is 10.4 Å². The van der Waals surface area contributed by atoms with Crippen LogP contribution in [0.3, 0.4) is 0 Å². The van der Waals surface area contributed by atoms with Crippen molar-refractivity contribution >= 4 is 17.6 Å². The van der Waals surface area contributed by atoms with Gasteiger partial charge in [-0.25, -0.2) is 10.3 Å². The number of urea groups is 1. The molecule has 13 heteroatoms. The second-order valence-electron chi connectivity index (χ2n) is 8.95. The van der Waals surface area contributed by atoms with Gasteiger partial charge in [0.1, 0.15) is 0 Å². The van der Waals surface area contributed by atoms with Gasteiger partial charge in [-0.3, -0.25) is 14.9 Å². The van der Waals surface area contributed by atoms with E-state index in [9.17, 15) is 35.9 Å². The lowest BCUT2D eigenvalue weighted by atomic mass is 9.98. The monoisotopic (exact) mass is 567 g/mol. The Kier molecular flexibility index (Phi) is 8.35. The van der Waals surface area contributed by atoms with E-state index in [1.54, 1.807) is 17.0 Å². The first-order chi connectivity index (χ1) is 18.9. The van der Waals surface area contributed by atoms with Gasteiger partial charge in [0.25, 0.3) is 5.91 Å². The number of halogens is 6. The molecule has 1 fully saturated rings. The van der Waals surface area contributed by atoms with Gasteiger partial charge < -0.3 is 9.64 Å². The Labute approximate surface area is 224 Å². The largest absolute Gasteiger partial charge is 0.416 e. The van der Waals surface area contributed by atoms with Crippen molar-refractivity contribution in [3.8, 4) is 11.1 Å². The second-order valence-corrected chi connectivity index (χ2v) is 8.95. The number of hydrogen-bond acceptors (Lipinski definition) is 4. The van der Waals surface area contributed by atoms with Crippen LogP contribution in [0.25, 0.3) is 11.1 Å². The third-order valence-electron chi connectivity index (χ3n) is 6.27. The molecule has 0 aliphatic carbocycles. The van der Waals surface area contributed by atoms with Crippen LogP contribution in [0.15, 0.2) is 66.7 Å². The third-order valence-corrected chi connectivity index (χ3v) is 6.27. The van der Waals surface area contributed by atoms with Crippen LogP contribution in [0.1, 0.15) is 27.0 Å². The van der Waals surface area contributed by atoms with Crippen molar-refractivity contribution in [2.45, 2.75) is 18.9 Å². The van der Waals surface area contributed by atoms with Gasteiger partial charge in [-0.05, 0) is 59.2 Å². The molecule has 0 bridgehead atoms. The number of anilines is 1. The molecule has 40 heavy (non-hydrogen) atoms. The number of nitrogens with zero attached hydrogens (tertiary/aromatic N) is 2. The van der Waals surface area contributed by atoms with Gasteiger partial charge in [0.15, 0.2) is 0 Å². The number of ether oxygens (including phenoxy) is 1. The zero-order valence-electron chi connectivity index (χ0n) is 20.7. The Morgan fingerprint density at radius 3 is 1.88 bits per heavy atom. The summed E-state index contributed by atoms with van der Waals surface area (Å²) in [5.74, 6) is -0.716. The predicted molar refractivity (Wildman–Crippen MR) is 132 cm³/mol. The molecule has 0 saturated carbocycles. The molecule has 3 amide bonds. The number of carbonyl (C=O) groups is 2. The lowest BCUT2D eigenvalue weighted by Crippen LogP contribution is -2.48.